The van der Waals surface area contributed by atoms with Crippen LogP contribution in [-0.4, -0.2) is 58.7 Å². The minimum absolute atomic E-state index is 0.000855. The maximum atomic E-state index is 13.4. The van der Waals surface area contributed by atoms with Crippen LogP contribution in [0.25, 0.3) is 0 Å². The topological polar surface area (TPSA) is 148 Å². The first-order valence-electron chi connectivity index (χ1n) is 11.9. The first-order chi connectivity index (χ1) is 15.0. The van der Waals surface area contributed by atoms with Gasteiger partial charge in [0.05, 0.1) is 6.04 Å². The van der Waals surface area contributed by atoms with Crippen molar-refractivity contribution in [2.75, 3.05) is 6.54 Å². The summed E-state index contributed by atoms with van der Waals surface area (Å²) in [6.07, 6.45) is 1.53. The van der Waals surface area contributed by atoms with E-state index in [0.29, 0.717) is 13.0 Å². The number of piperidine rings is 2. The summed E-state index contributed by atoms with van der Waals surface area (Å²) >= 11 is 0. The van der Waals surface area contributed by atoms with E-state index in [2.05, 4.69) is 24.5 Å². The SMILES string of the molecule is CC1(C)CCC(C[C@H](NC(=O)[C@@H]2[C@@H]3[C@H](CN2C(=O)[C@@H](N)C(C)(C)C)C3(C)C)C(N)=O)C(=O)N1. The summed E-state index contributed by atoms with van der Waals surface area (Å²) in [6, 6.07) is -2.43. The van der Waals surface area contributed by atoms with Gasteiger partial charge >= 0.3 is 0 Å². The molecule has 33 heavy (non-hydrogen) atoms. The summed E-state index contributed by atoms with van der Waals surface area (Å²) in [5.74, 6) is -1.67. The highest BCUT2D eigenvalue weighted by Crippen LogP contribution is 2.65. The Labute approximate surface area is 196 Å². The second-order valence-electron chi connectivity index (χ2n) is 12.5. The molecule has 0 aromatic rings. The number of carbonyl (C=O) groups excluding carboxylic acids is 4. The molecule has 0 aromatic heterocycles. The van der Waals surface area contributed by atoms with Gasteiger partial charge in [0.1, 0.15) is 12.1 Å². The number of hydrogen-bond acceptors (Lipinski definition) is 5. The van der Waals surface area contributed by atoms with Crippen molar-refractivity contribution in [3.63, 3.8) is 0 Å². The Bertz CT molecular complexity index is 846. The molecule has 2 saturated heterocycles. The van der Waals surface area contributed by atoms with Crippen LogP contribution in [0.4, 0.5) is 0 Å². The van der Waals surface area contributed by atoms with E-state index >= 15 is 0 Å². The molecule has 9 heteroatoms. The number of hydrogen-bond donors (Lipinski definition) is 4. The molecule has 3 rings (SSSR count). The van der Waals surface area contributed by atoms with Gasteiger partial charge in [-0.25, -0.2) is 0 Å². The molecular weight excluding hydrogens is 422 g/mol. The molecule has 9 nitrogen and oxygen atoms in total. The van der Waals surface area contributed by atoms with E-state index in [1.807, 2.05) is 34.6 Å². The molecule has 0 aromatic carbocycles. The molecule has 1 saturated carbocycles. The lowest BCUT2D eigenvalue weighted by Crippen LogP contribution is -2.59. The molecule has 1 aliphatic carbocycles. The van der Waals surface area contributed by atoms with Crippen LogP contribution in [0.5, 0.6) is 0 Å². The fourth-order valence-corrected chi connectivity index (χ4v) is 5.54. The Morgan fingerprint density at radius 1 is 1.21 bits per heavy atom. The number of carbonyl (C=O) groups is 4. The normalized spacial score (nSPS) is 31.8. The number of primary amides is 1. The van der Waals surface area contributed by atoms with Gasteiger partial charge < -0.3 is 27.0 Å². The molecule has 186 valence electrons. The van der Waals surface area contributed by atoms with Crippen molar-refractivity contribution in [3.05, 3.63) is 0 Å². The van der Waals surface area contributed by atoms with Gasteiger partial charge in [-0.1, -0.05) is 34.6 Å². The Morgan fingerprint density at radius 2 is 1.82 bits per heavy atom. The largest absolute Gasteiger partial charge is 0.368 e. The zero-order valence-electron chi connectivity index (χ0n) is 21.0. The van der Waals surface area contributed by atoms with Gasteiger partial charge in [-0.3, -0.25) is 19.2 Å². The Hall–Kier alpha value is -2.16. The molecular formula is C24H41N5O4. The van der Waals surface area contributed by atoms with Crippen LogP contribution in [0, 0.1) is 28.6 Å². The lowest BCUT2D eigenvalue weighted by Gasteiger charge is -2.37. The fraction of sp³-hybridized carbons (Fsp3) is 0.833. The van der Waals surface area contributed by atoms with Gasteiger partial charge in [-0.2, -0.15) is 0 Å². The van der Waals surface area contributed by atoms with E-state index in [0.717, 1.165) is 6.42 Å². The van der Waals surface area contributed by atoms with Gasteiger partial charge in [-0.05, 0) is 55.8 Å². The highest BCUT2D eigenvalue weighted by atomic mass is 16.2. The van der Waals surface area contributed by atoms with Crippen LogP contribution < -0.4 is 22.1 Å². The molecule has 2 aliphatic heterocycles. The third-order valence-corrected chi connectivity index (χ3v) is 8.09. The molecule has 6 atom stereocenters. The van der Waals surface area contributed by atoms with E-state index in [4.69, 9.17) is 11.5 Å². The molecule has 3 fully saturated rings. The molecule has 2 heterocycles. The van der Waals surface area contributed by atoms with Crippen LogP contribution in [0.15, 0.2) is 0 Å². The summed E-state index contributed by atoms with van der Waals surface area (Å²) in [5, 5.41) is 5.74. The standard InChI is InChI=1S/C24H41N5O4/c1-22(2,3)17(25)21(33)29-11-13-15(24(13,6)7)16(29)20(32)27-14(18(26)30)10-12-8-9-23(4,5)28-19(12)31/h12-17H,8-11,25H2,1-7H3,(H2,26,30)(H,27,32)(H,28,31)/t12?,13-,14-,15-,16-,17+/m0/s1. The van der Waals surface area contributed by atoms with Crippen molar-refractivity contribution >= 4 is 23.6 Å². The molecule has 0 radical (unpaired) electrons. The van der Waals surface area contributed by atoms with Crippen molar-refractivity contribution in [1.29, 1.82) is 0 Å². The molecule has 1 unspecified atom stereocenters. The zero-order chi connectivity index (χ0) is 25.1. The summed E-state index contributed by atoms with van der Waals surface area (Å²) in [5.41, 5.74) is 11.0. The summed E-state index contributed by atoms with van der Waals surface area (Å²) in [4.78, 5) is 53.0. The highest BCUT2D eigenvalue weighted by molar-refractivity contribution is 5.94. The van der Waals surface area contributed by atoms with E-state index < -0.39 is 41.3 Å². The maximum absolute atomic E-state index is 13.4. The van der Waals surface area contributed by atoms with E-state index in [1.54, 1.807) is 4.90 Å². The van der Waals surface area contributed by atoms with E-state index in [1.165, 1.54) is 0 Å². The number of rotatable bonds is 6. The average Bonchev–Trinajstić information content (AvgIpc) is 3.01. The van der Waals surface area contributed by atoms with Crippen molar-refractivity contribution in [2.24, 2.45) is 40.1 Å². The number of fused-ring (bicyclic) bond motifs is 1. The predicted octanol–water partition coefficient (Wildman–Crippen LogP) is 0.508. The van der Waals surface area contributed by atoms with Crippen molar-refractivity contribution in [3.8, 4) is 0 Å². The van der Waals surface area contributed by atoms with Crippen LogP contribution in [-0.2, 0) is 19.2 Å². The smallest absolute Gasteiger partial charge is 0.243 e. The molecule has 4 amide bonds. The van der Waals surface area contributed by atoms with Gasteiger partial charge in [0.2, 0.25) is 23.6 Å². The summed E-state index contributed by atoms with van der Waals surface area (Å²) in [7, 11) is 0. The second kappa shape index (κ2) is 8.25. The minimum atomic E-state index is -0.983. The third kappa shape index (κ3) is 4.88. The predicted molar refractivity (Wildman–Crippen MR) is 124 cm³/mol. The van der Waals surface area contributed by atoms with E-state index in [-0.39, 0.29) is 41.0 Å². The zero-order valence-corrected chi connectivity index (χ0v) is 21.0. The summed E-state index contributed by atoms with van der Waals surface area (Å²) in [6.45, 7) is 14.2. The molecule has 6 N–H and O–H groups in total. The molecule has 3 aliphatic rings. The number of nitrogens with zero attached hydrogens (tertiary/aromatic N) is 1. The monoisotopic (exact) mass is 463 g/mol. The number of nitrogens with one attached hydrogen (secondary N) is 2. The van der Waals surface area contributed by atoms with E-state index in [9.17, 15) is 19.2 Å². The van der Waals surface area contributed by atoms with Crippen molar-refractivity contribution in [1.82, 2.24) is 15.5 Å². The summed E-state index contributed by atoms with van der Waals surface area (Å²) < 4.78 is 0. The number of amides is 4. The molecule has 0 spiro atoms. The minimum Gasteiger partial charge on any atom is -0.368 e. The number of nitrogens with two attached hydrogens (primary N) is 2. The van der Waals surface area contributed by atoms with Gasteiger partial charge in [0.15, 0.2) is 0 Å². The highest BCUT2D eigenvalue weighted by Gasteiger charge is 2.69. The third-order valence-electron chi connectivity index (χ3n) is 8.09. The maximum Gasteiger partial charge on any atom is 0.243 e. The Kier molecular flexibility index (Phi) is 6.37. The molecule has 0 bridgehead atoms. The Balaban J connectivity index is 1.75. The lowest BCUT2D eigenvalue weighted by atomic mass is 9.83. The first-order valence-corrected chi connectivity index (χ1v) is 11.9. The lowest BCUT2D eigenvalue weighted by molar-refractivity contribution is -0.143. The average molecular weight is 464 g/mol. The quantitative estimate of drug-likeness (QED) is 0.453. The fourth-order valence-electron chi connectivity index (χ4n) is 5.54. The van der Waals surface area contributed by atoms with Crippen LogP contribution in [0.1, 0.15) is 67.7 Å². The van der Waals surface area contributed by atoms with Crippen molar-refractivity contribution < 1.29 is 19.2 Å². The van der Waals surface area contributed by atoms with Gasteiger partial charge in [-0.15, -0.1) is 0 Å². The van der Waals surface area contributed by atoms with Gasteiger partial charge in [0, 0.05) is 18.0 Å². The van der Waals surface area contributed by atoms with Gasteiger partial charge in [0.25, 0.3) is 0 Å². The number of likely N-dealkylation sites (tertiary alicyclic amines) is 1. The first kappa shape index (κ1) is 25.5. The second-order valence-corrected chi connectivity index (χ2v) is 12.5. The Morgan fingerprint density at radius 3 is 2.33 bits per heavy atom. The van der Waals surface area contributed by atoms with Crippen LogP contribution >= 0.6 is 0 Å². The van der Waals surface area contributed by atoms with Crippen LogP contribution in [0.2, 0.25) is 0 Å². The van der Waals surface area contributed by atoms with Crippen molar-refractivity contribution in [2.45, 2.75) is 91.4 Å². The van der Waals surface area contributed by atoms with Crippen LogP contribution in [0.3, 0.4) is 0 Å².